The van der Waals surface area contributed by atoms with E-state index in [1.165, 1.54) is 12.1 Å². The quantitative estimate of drug-likeness (QED) is 0.472. The van der Waals surface area contributed by atoms with E-state index in [9.17, 15) is 8.78 Å². The van der Waals surface area contributed by atoms with Gasteiger partial charge in [-0.3, -0.25) is 0 Å². The van der Waals surface area contributed by atoms with Crippen LogP contribution in [0.2, 0.25) is 0 Å². The molecule has 0 spiro atoms. The molecule has 0 radical (unpaired) electrons. The second kappa shape index (κ2) is 4.46. The third-order valence-electron chi connectivity index (χ3n) is 3.56. The number of halogens is 2. The molecule has 4 rings (SSSR count). The number of fused-ring (bicyclic) bond motifs is 2. The zero-order valence-corrected chi connectivity index (χ0v) is 12.4. The van der Waals surface area contributed by atoms with Crippen molar-refractivity contribution >= 4 is 10.8 Å². The fraction of sp³-hybridized carbons (Fsp3) is 0.0625. The molecule has 2 aromatic carbocycles. The molecule has 1 aromatic heterocycles. The maximum atomic E-state index is 14.6. The number of alkyl halides is 2. The van der Waals surface area contributed by atoms with E-state index < -0.39 is 5.92 Å². The smallest absolute Gasteiger partial charge is 0.266 e. The molecule has 0 atom stereocenters. The van der Waals surface area contributed by atoms with Crippen LogP contribution in [0.3, 0.4) is 0 Å². The van der Waals surface area contributed by atoms with E-state index in [4.69, 9.17) is 0 Å². The molecule has 0 amide bonds. The Morgan fingerprint density at radius 3 is 2.65 bits per heavy atom. The van der Waals surface area contributed by atoms with Crippen molar-refractivity contribution in [1.82, 2.24) is 4.98 Å². The Morgan fingerprint density at radius 2 is 1.80 bits per heavy atom. The molecule has 1 aliphatic rings. The predicted octanol–water partition coefficient (Wildman–Crippen LogP) is 4.15. The molecule has 4 heteroatoms. The van der Waals surface area contributed by atoms with Crippen LogP contribution in [0, 0.1) is 6.07 Å². The topological polar surface area (TPSA) is 12.9 Å². The van der Waals surface area contributed by atoms with Gasteiger partial charge in [0.1, 0.15) is 0 Å². The van der Waals surface area contributed by atoms with E-state index in [1.807, 2.05) is 6.07 Å². The normalized spacial score (nSPS) is 14.5. The maximum Gasteiger partial charge on any atom is 0.266 e. The summed E-state index contributed by atoms with van der Waals surface area (Å²) in [5, 5.41) is 1.31. The monoisotopic (exact) mass is 447 g/mol. The van der Waals surface area contributed by atoms with Crippen LogP contribution < -0.4 is 0 Å². The first-order valence-electron chi connectivity index (χ1n) is 5.97. The van der Waals surface area contributed by atoms with Crippen molar-refractivity contribution in [3.63, 3.8) is 0 Å². The van der Waals surface area contributed by atoms with E-state index in [0.717, 1.165) is 5.39 Å². The van der Waals surface area contributed by atoms with E-state index in [2.05, 4.69) is 11.1 Å². The summed E-state index contributed by atoms with van der Waals surface area (Å²) < 4.78 is 29.2. The van der Waals surface area contributed by atoms with Crippen molar-refractivity contribution in [1.29, 1.82) is 0 Å². The van der Waals surface area contributed by atoms with Crippen LogP contribution in [-0.2, 0) is 27.0 Å². The molecule has 0 saturated heterocycles. The fourth-order valence-corrected chi connectivity index (χ4v) is 2.72. The van der Waals surface area contributed by atoms with Crippen LogP contribution in [0.1, 0.15) is 11.1 Å². The van der Waals surface area contributed by atoms with Gasteiger partial charge in [0.05, 0.1) is 0 Å². The van der Waals surface area contributed by atoms with Crippen LogP contribution in [0.5, 0.6) is 0 Å². The Labute approximate surface area is 128 Å². The minimum Gasteiger partial charge on any atom is -0.304 e. The second-order valence-corrected chi connectivity index (χ2v) is 4.60. The van der Waals surface area contributed by atoms with Gasteiger partial charge in [0.15, 0.2) is 0 Å². The zero-order valence-electron chi connectivity index (χ0n) is 10.1. The molecule has 0 bridgehead atoms. The molecule has 0 unspecified atom stereocenters. The van der Waals surface area contributed by atoms with Crippen molar-refractivity contribution in [2.45, 2.75) is 5.92 Å². The third kappa shape index (κ3) is 1.59. The van der Waals surface area contributed by atoms with Gasteiger partial charge in [0.25, 0.3) is 5.92 Å². The summed E-state index contributed by atoms with van der Waals surface area (Å²) in [6.07, 6.45) is 1.65. The van der Waals surface area contributed by atoms with Crippen molar-refractivity contribution in [3.8, 4) is 11.3 Å². The summed E-state index contributed by atoms with van der Waals surface area (Å²) in [5.74, 6) is -3.00. The minimum atomic E-state index is -3.00. The molecule has 0 aliphatic heterocycles. The first kappa shape index (κ1) is 13.4. The molecule has 0 N–H and O–H groups in total. The Morgan fingerprint density at radius 1 is 1.00 bits per heavy atom. The van der Waals surface area contributed by atoms with Gasteiger partial charge in [-0.2, -0.15) is 0 Å². The number of aromatic nitrogens is 1. The van der Waals surface area contributed by atoms with Crippen LogP contribution in [-0.4, -0.2) is 4.98 Å². The van der Waals surface area contributed by atoms with Crippen LogP contribution in [0.15, 0.2) is 48.7 Å². The van der Waals surface area contributed by atoms with Gasteiger partial charge in [-0.1, -0.05) is 23.8 Å². The van der Waals surface area contributed by atoms with Crippen molar-refractivity contribution in [3.05, 3.63) is 65.9 Å². The molecular weight excluding hydrogens is 439 g/mol. The summed E-state index contributed by atoms with van der Waals surface area (Å²) in [7, 11) is 0. The van der Waals surface area contributed by atoms with Gasteiger partial charge in [0, 0.05) is 32.8 Å². The van der Waals surface area contributed by atoms with Gasteiger partial charge in [-0.15, -0.1) is 29.8 Å². The van der Waals surface area contributed by atoms with E-state index in [0.29, 0.717) is 16.6 Å². The standard InChI is InChI=1S/C16H8F2N.Pt/c17-16(18)12-6-2-1-5-11(12)15-14-10(8-9-19-15)4-3-7-13(14)16;/h1-4,6-9H;/q-1;. The summed E-state index contributed by atoms with van der Waals surface area (Å²) in [5.41, 5.74) is 1.00. The van der Waals surface area contributed by atoms with Gasteiger partial charge < -0.3 is 4.98 Å². The number of hydrogen-bond acceptors (Lipinski definition) is 1. The average Bonchev–Trinajstić information content (AvgIpc) is 2.45. The van der Waals surface area contributed by atoms with E-state index >= 15 is 0 Å². The number of nitrogens with zero attached hydrogens (tertiary/aromatic N) is 1. The second-order valence-electron chi connectivity index (χ2n) is 4.60. The molecule has 3 aromatic rings. The average molecular weight is 447 g/mol. The summed E-state index contributed by atoms with van der Waals surface area (Å²) in [6.45, 7) is 0. The first-order chi connectivity index (χ1) is 9.19. The first-order valence-corrected chi connectivity index (χ1v) is 5.97. The van der Waals surface area contributed by atoms with Gasteiger partial charge in [0.2, 0.25) is 0 Å². The van der Waals surface area contributed by atoms with Gasteiger partial charge in [-0.25, -0.2) is 8.78 Å². The maximum absolute atomic E-state index is 14.6. The minimum absolute atomic E-state index is 0. The zero-order chi connectivity index (χ0) is 13.0. The van der Waals surface area contributed by atoms with Crippen molar-refractivity contribution in [2.75, 3.05) is 0 Å². The van der Waals surface area contributed by atoms with Gasteiger partial charge >= 0.3 is 0 Å². The Balaban J connectivity index is 0.00000121. The molecule has 20 heavy (non-hydrogen) atoms. The molecule has 1 nitrogen and oxygen atoms in total. The predicted molar refractivity (Wildman–Crippen MR) is 69.0 cm³/mol. The molecule has 0 fully saturated rings. The molecular formula is C16H8F2NPt-. The summed E-state index contributed by atoms with van der Waals surface area (Å²) in [6, 6.07) is 14.3. The molecule has 0 saturated carbocycles. The summed E-state index contributed by atoms with van der Waals surface area (Å²) in [4.78, 5) is 4.28. The molecule has 1 heterocycles. The van der Waals surface area contributed by atoms with Gasteiger partial charge in [-0.05, 0) is 22.5 Å². The Kier molecular flexibility index (Phi) is 2.98. The van der Waals surface area contributed by atoms with Crippen LogP contribution in [0.4, 0.5) is 8.78 Å². The Bertz CT molecular complexity index is 809. The molecule has 1 aliphatic carbocycles. The SMILES string of the molecule is FC1(F)c2ccc[c-]c2-c2nccc3cccc1c23.[Pt]. The fourth-order valence-electron chi connectivity index (χ4n) is 2.72. The van der Waals surface area contributed by atoms with Crippen molar-refractivity contribution in [2.24, 2.45) is 0 Å². The third-order valence-corrected chi connectivity index (χ3v) is 3.56. The summed E-state index contributed by atoms with van der Waals surface area (Å²) >= 11 is 0. The van der Waals surface area contributed by atoms with Crippen LogP contribution >= 0.6 is 0 Å². The van der Waals surface area contributed by atoms with E-state index in [1.54, 1.807) is 30.5 Å². The molecule has 102 valence electrons. The largest absolute Gasteiger partial charge is 0.304 e. The number of rotatable bonds is 0. The number of pyridine rings is 1. The Hall–Kier alpha value is -1.60. The van der Waals surface area contributed by atoms with Crippen molar-refractivity contribution < 1.29 is 29.8 Å². The number of benzene rings is 2. The van der Waals surface area contributed by atoms with Crippen LogP contribution in [0.25, 0.3) is 22.0 Å². The number of hydrogen-bond donors (Lipinski definition) is 0. The van der Waals surface area contributed by atoms with E-state index in [-0.39, 0.29) is 32.2 Å².